The summed E-state index contributed by atoms with van der Waals surface area (Å²) in [7, 11) is 0. The molecule has 0 aliphatic carbocycles. The Morgan fingerprint density at radius 1 is 1.38 bits per heavy atom. The zero-order valence-electron chi connectivity index (χ0n) is 6.61. The molecule has 0 saturated heterocycles. The second-order valence-electron chi connectivity index (χ2n) is 2.37. The predicted octanol–water partition coefficient (Wildman–Crippen LogP) is 4.04. The third kappa shape index (κ3) is 2.76. The van der Waals surface area contributed by atoms with E-state index in [4.69, 9.17) is 34.8 Å². The zero-order valence-corrected chi connectivity index (χ0v) is 8.87. The van der Waals surface area contributed by atoms with E-state index in [0.29, 0.717) is 10.6 Å². The molecule has 0 N–H and O–H groups in total. The molecule has 0 aliphatic heterocycles. The number of ether oxygens (including phenoxy) is 1. The maximum absolute atomic E-state index is 10.5. The molecule has 5 heteroatoms. The summed E-state index contributed by atoms with van der Waals surface area (Å²) in [4.78, 5) is 10.5. The minimum Gasteiger partial charge on any atom is -0.413 e. The number of rotatable bonds is 1. The number of halogens is 3. The molecule has 1 aromatic rings. The highest BCUT2D eigenvalue weighted by Crippen LogP contribution is 2.32. The zero-order chi connectivity index (χ0) is 10.0. The van der Waals surface area contributed by atoms with E-state index in [2.05, 4.69) is 4.74 Å². The maximum Gasteiger partial charge on any atom is 0.409 e. The summed E-state index contributed by atoms with van der Waals surface area (Å²) < 4.78 is 4.67. The van der Waals surface area contributed by atoms with Crippen LogP contribution in [0.3, 0.4) is 0 Å². The average Bonchev–Trinajstić information content (AvgIpc) is 1.96. The Kier molecular flexibility index (Phi) is 3.42. The molecule has 0 saturated carbocycles. The molecular weight excluding hydrogens is 234 g/mol. The molecule has 0 aromatic heterocycles. The van der Waals surface area contributed by atoms with Crippen LogP contribution in [0.25, 0.3) is 0 Å². The van der Waals surface area contributed by atoms with Gasteiger partial charge in [-0.3, -0.25) is 0 Å². The Morgan fingerprint density at radius 3 is 2.46 bits per heavy atom. The van der Waals surface area contributed by atoms with Crippen molar-refractivity contribution in [3.8, 4) is 5.75 Å². The Labute approximate surface area is 90.3 Å². The van der Waals surface area contributed by atoms with Crippen molar-refractivity contribution in [3.63, 3.8) is 0 Å². The van der Waals surface area contributed by atoms with Crippen molar-refractivity contribution in [1.82, 2.24) is 0 Å². The minimum absolute atomic E-state index is 0.242. The summed E-state index contributed by atoms with van der Waals surface area (Å²) >= 11 is 16.5. The van der Waals surface area contributed by atoms with Gasteiger partial charge in [-0.1, -0.05) is 23.2 Å². The van der Waals surface area contributed by atoms with Gasteiger partial charge in [-0.15, -0.1) is 0 Å². The Balaban J connectivity index is 3.13. The van der Waals surface area contributed by atoms with Gasteiger partial charge in [0.15, 0.2) is 5.75 Å². The van der Waals surface area contributed by atoms with Crippen LogP contribution in [0.2, 0.25) is 10.0 Å². The fourth-order valence-corrected chi connectivity index (χ4v) is 1.61. The standard InChI is InChI=1S/C8H5Cl3O2/c1-4-2-5(9)3-6(10)7(4)13-8(11)12/h2-3H,1H3. The van der Waals surface area contributed by atoms with Crippen LogP contribution in [0, 0.1) is 6.92 Å². The van der Waals surface area contributed by atoms with Gasteiger partial charge in [-0.05, 0) is 24.6 Å². The van der Waals surface area contributed by atoms with Crippen molar-refractivity contribution in [2.75, 3.05) is 0 Å². The van der Waals surface area contributed by atoms with Crippen LogP contribution < -0.4 is 4.74 Å². The van der Waals surface area contributed by atoms with E-state index in [1.807, 2.05) is 0 Å². The van der Waals surface area contributed by atoms with Gasteiger partial charge in [-0.25, -0.2) is 4.79 Å². The Morgan fingerprint density at radius 2 is 2.00 bits per heavy atom. The first-order chi connectivity index (χ1) is 6.00. The first-order valence-electron chi connectivity index (χ1n) is 3.33. The lowest BCUT2D eigenvalue weighted by molar-refractivity contribution is 0.225. The third-order valence-electron chi connectivity index (χ3n) is 1.38. The number of hydrogen-bond acceptors (Lipinski definition) is 2. The molecule has 0 atom stereocenters. The molecule has 0 heterocycles. The van der Waals surface area contributed by atoms with Crippen molar-refractivity contribution in [1.29, 1.82) is 0 Å². The van der Waals surface area contributed by atoms with Gasteiger partial charge in [-0.2, -0.15) is 0 Å². The van der Waals surface area contributed by atoms with Gasteiger partial charge >= 0.3 is 5.43 Å². The molecule has 0 unspecified atom stereocenters. The number of benzene rings is 1. The molecule has 1 aromatic carbocycles. The third-order valence-corrected chi connectivity index (χ3v) is 1.95. The van der Waals surface area contributed by atoms with Crippen LogP contribution in [-0.2, 0) is 0 Å². The summed E-state index contributed by atoms with van der Waals surface area (Å²) in [5.41, 5.74) is -0.265. The van der Waals surface area contributed by atoms with Gasteiger partial charge in [0.2, 0.25) is 0 Å². The predicted molar refractivity (Wildman–Crippen MR) is 53.1 cm³/mol. The van der Waals surface area contributed by atoms with Gasteiger partial charge in [0.1, 0.15) is 0 Å². The molecular formula is C8H5Cl3O2. The molecule has 0 bridgehead atoms. The summed E-state index contributed by atoms with van der Waals surface area (Å²) in [5.74, 6) is 0.242. The highest BCUT2D eigenvalue weighted by Gasteiger charge is 2.10. The van der Waals surface area contributed by atoms with Crippen LogP contribution in [-0.4, -0.2) is 5.43 Å². The van der Waals surface area contributed by atoms with Crippen LogP contribution in [0.4, 0.5) is 4.79 Å². The molecule has 0 amide bonds. The minimum atomic E-state index is -0.924. The van der Waals surface area contributed by atoms with Crippen LogP contribution in [0.15, 0.2) is 12.1 Å². The van der Waals surface area contributed by atoms with E-state index >= 15 is 0 Å². The lowest BCUT2D eigenvalue weighted by atomic mass is 10.2. The number of hydrogen-bond donors (Lipinski definition) is 0. The summed E-state index contributed by atoms with van der Waals surface area (Å²) in [5, 5.41) is 0.746. The SMILES string of the molecule is Cc1cc(Cl)cc(Cl)c1OC(=O)Cl. The molecule has 1 rings (SSSR count). The van der Waals surface area contributed by atoms with Crippen molar-refractivity contribution in [2.45, 2.75) is 6.92 Å². The molecule has 0 aliphatic rings. The van der Waals surface area contributed by atoms with Gasteiger partial charge in [0, 0.05) is 16.6 Å². The molecule has 70 valence electrons. The number of aryl methyl sites for hydroxylation is 1. The van der Waals surface area contributed by atoms with Crippen molar-refractivity contribution in [2.24, 2.45) is 0 Å². The van der Waals surface area contributed by atoms with Gasteiger partial charge < -0.3 is 4.74 Å². The normalized spacial score (nSPS) is 9.85. The highest BCUT2D eigenvalue weighted by atomic mass is 35.5. The summed E-state index contributed by atoms with van der Waals surface area (Å²) in [6.45, 7) is 1.72. The molecule has 0 radical (unpaired) electrons. The van der Waals surface area contributed by atoms with E-state index in [0.717, 1.165) is 0 Å². The average molecular weight is 239 g/mol. The highest BCUT2D eigenvalue weighted by molar-refractivity contribution is 6.61. The monoisotopic (exact) mass is 238 g/mol. The van der Waals surface area contributed by atoms with E-state index in [9.17, 15) is 4.79 Å². The fraction of sp³-hybridized carbons (Fsp3) is 0.125. The molecule has 0 fully saturated rings. The summed E-state index contributed by atoms with van der Waals surface area (Å²) in [6.07, 6.45) is 0. The Bertz CT molecular complexity index is 326. The second kappa shape index (κ2) is 4.18. The summed E-state index contributed by atoms with van der Waals surface area (Å²) in [6, 6.07) is 3.11. The van der Waals surface area contributed by atoms with E-state index in [1.165, 1.54) is 6.07 Å². The number of carbonyl (C=O) groups excluding carboxylic acids is 1. The van der Waals surface area contributed by atoms with Crippen molar-refractivity contribution in [3.05, 3.63) is 27.7 Å². The van der Waals surface area contributed by atoms with Crippen molar-refractivity contribution < 1.29 is 9.53 Å². The second-order valence-corrected chi connectivity index (χ2v) is 3.53. The molecule has 0 spiro atoms. The first-order valence-corrected chi connectivity index (χ1v) is 4.47. The Hall–Kier alpha value is -0.440. The lowest BCUT2D eigenvalue weighted by Gasteiger charge is -2.06. The first kappa shape index (κ1) is 10.6. The van der Waals surface area contributed by atoms with Crippen LogP contribution >= 0.6 is 34.8 Å². The van der Waals surface area contributed by atoms with E-state index in [-0.39, 0.29) is 10.8 Å². The number of carbonyl (C=O) groups is 1. The molecule has 13 heavy (non-hydrogen) atoms. The fourth-order valence-electron chi connectivity index (χ4n) is 0.898. The van der Waals surface area contributed by atoms with Crippen LogP contribution in [0.5, 0.6) is 5.75 Å². The quantitative estimate of drug-likeness (QED) is 0.691. The largest absolute Gasteiger partial charge is 0.413 e. The maximum atomic E-state index is 10.5. The van der Waals surface area contributed by atoms with E-state index in [1.54, 1.807) is 13.0 Å². The smallest absolute Gasteiger partial charge is 0.409 e. The van der Waals surface area contributed by atoms with Crippen LogP contribution in [0.1, 0.15) is 5.56 Å². The topological polar surface area (TPSA) is 26.3 Å². The molecule has 2 nitrogen and oxygen atoms in total. The van der Waals surface area contributed by atoms with Gasteiger partial charge in [0.05, 0.1) is 5.02 Å². The van der Waals surface area contributed by atoms with E-state index < -0.39 is 5.43 Å². The van der Waals surface area contributed by atoms with Gasteiger partial charge in [0.25, 0.3) is 0 Å². The van der Waals surface area contributed by atoms with Crippen molar-refractivity contribution >= 4 is 40.2 Å². The lowest BCUT2D eigenvalue weighted by Crippen LogP contribution is -1.98.